The molecular formula is C23H20N2O. The summed E-state index contributed by atoms with van der Waals surface area (Å²) in [5, 5.41) is 5.83. The summed E-state index contributed by atoms with van der Waals surface area (Å²) >= 11 is 0. The minimum atomic E-state index is 0.714. The van der Waals surface area contributed by atoms with Crippen LogP contribution in [0.25, 0.3) is 27.6 Å². The summed E-state index contributed by atoms with van der Waals surface area (Å²) in [6, 6.07) is 24.8. The highest BCUT2D eigenvalue weighted by Crippen LogP contribution is 2.29. The summed E-state index contributed by atoms with van der Waals surface area (Å²) in [6.07, 6.45) is 3.80. The minimum Gasteiger partial charge on any atom is -0.456 e. The molecule has 3 aromatic carbocycles. The molecule has 3 heteroatoms. The van der Waals surface area contributed by atoms with Gasteiger partial charge in [-0.3, -0.25) is 4.99 Å². The molecule has 0 saturated heterocycles. The highest BCUT2D eigenvalue weighted by molar-refractivity contribution is 6.04. The Labute approximate surface area is 152 Å². The van der Waals surface area contributed by atoms with Crippen molar-refractivity contribution in [2.24, 2.45) is 4.99 Å². The molecule has 0 fully saturated rings. The van der Waals surface area contributed by atoms with E-state index in [1.54, 1.807) is 13.3 Å². The van der Waals surface area contributed by atoms with Crippen LogP contribution in [-0.4, -0.2) is 13.3 Å². The second kappa shape index (κ2) is 7.28. The molecule has 1 N–H and O–H groups in total. The van der Waals surface area contributed by atoms with Gasteiger partial charge in [0.25, 0.3) is 0 Å². The van der Waals surface area contributed by atoms with Crippen molar-refractivity contribution in [3.05, 3.63) is 90.0 Å². The van der Waals surface area contributed by atoms with Crippen LogP contribution in [0.15, 0.2) is 88.3 Å². The Morgan fingerprint density at radius 3 is 2.54 bits per heavy atom. The smallest absolute Gasteiger partial charge is 0.135 e. The number of benzene rings is 3. The van der Waals surface area contributed by atoms with Crippen LogP contribution in [0.4, 0.5) is 0 Å². The lowest BCUT2D eigenvalue weighted by Gasteiger charge is -2.11. The summed E-state index contributed by atoms with van der Waals surface area (Å²) in [5.74, 6) is 0. The van der Waals surface area contributed by atoms with Crippen LogP contribution in [0.3, 0.4) is 0 Å². The van der Waals surface area contributed by atoms with Crippen molar-refractivity contribution in [2.45, 2.75) is 6.54 Å². The fraction of sp³-hybridized carbons (Fsp3) is 0.0870. The lowest BCUT2D eigenvalue weighted by Crippen LogP contribution is -2.12. The van der Waals surface area contributed by atoms with Gasteiger partial charge in [0, 0.05) is 36.3 Å². The lowest BCUT2D eigenvalue weighted by molar-refractivity contribution is 0.668. The van der Waals surface area contributed by atoms with E-state index in [1.165, 1.54) is 5.56 Å². The predicted molar refractivity (Wildman–Crippen MR) is 109 cm³/mol. The topological polar surface area (TPSA) is 37.5 Å². The Kier molecular flexibility index (Phi) is 4.52. The maximum atomic E-state index is 5.99. The van der Waals surface area contributed by atoms with Crippen LogP contribution >= 0.6 is 0 Å². The molecule has 0 spiro atoms. The van der Waals surface area contributed by atoms with E-state index in [4.69, 9.17) is 4.42 Å². The highest BCUT2D eigenvalue weighted by Gasteiger charge is 2.07. The fourth-order valence-corrected chi connectivity index (χ4v) is 3.10. The zero-order chi connectivity index (χ0) is 17.8. The number of aliphatic imine (C=N–C) groups is 1. The number of hydrogen-bond donors (Lipinski definition) is 1. The quantitative estimate of drug-likeness (QED) is 0.493. The third-order valence-electron chi connectivity index (χ3n) is 4.40. The molecule has 4 aromatic rings. The van der Waals surface area contributed by atoms with Crippen molar-refractivity contribution in [1.82, 2.24) is 5.32 Å². The number of para-hydroxylation sites is 1. The molecule has 0 aliphatic heterocycles. The van der Waals surface area contributed by atoms with E-state index >= 15 is 0 Å². The number of nitrogens with one attached hydrogen (secondary N) is 1. The number of hydrogen-bond acceptors (Lipinski definition) is 3. The van der Waals surface area contributed by atoms with Gasteiger partial charge < -0.3 is 9.73 Å². The molecule has 0 aliphatic rings. The van der Waals surface area contributed by atoms with E-state index in [2.05, 4.69) is 46.7 Å². The monoisotopic (exact) mass is 340 g/mol. The molecule has 0 unspecified atom stereocenters. The molecule has 0 bridgehead atoms. The van der Waals surface area contributed by atoms with Gasteiger partial charge in [-0.15, -0.1) is 0 Å². The first-order valence-electron chi connectivity index (χ1n) is 8.67. The zero-order valence-corrected chi connectivity index (χ0v) is 14.6. The number of rotatable bonds is 5. The van der Waals surface area contributed by atoms with Gasteiger partial charge in [-0.05, 0) is 29.3 Å². The van der Waals surface area contributed by atoms with Crippen molar-refractivity contribution in [3.63, 3.8) is 0 Å². The average molecular weight is 340 g/mol. The summed E-state index contributed by atoms with van der Waals surface area (Å²) in [6.45, 7) is 0.714. The molecule has 4 rings (SSSR count). The molecule has 0 atom stereocenters. The maximum Gasteiger partial charge on any atom is 0.135 e. The van der Waals surface area contributed by atoms with Crippen molar-refractivity contribution in [3.8, 4) is 0 Å². The predicted octanol–water partition coefficient (Wildman–Crippen LogP) is 5.42. The van der Waals surface area contributed by atoms with Crippen LogP contribution in [0.1, 0.15) is 11.1 Å². The molecule has 128 valence electrons. The second-order valence-corrected chi connectivity index (χ2v) is 6.14. The van der Waals surface area contributed by atoms with E-state index in [-0.39, 0.29) is 0 Å². The largest absolute Gasteiger partial charge is 0.456 e. The van der Waals surface area contributed by atoms with Crippen LogP contribution in [0.5, 0.6) is 0 Å². The first-order valence-corrected chi connectivity index (χ1v) is 8.67. The summed E-state index contributed by atoms with van der Waals surface area (Å²) in [5.41, 5.74) is 5.20. The molecule has 1 heterocycles. The Hall–Kier alpha value is -3.33. The molecule has 0 radical (unpaired) electrons. The fourth-order valence-electron chi connectivity index (χ4n) is 3.10. The van der Waals surface area contributed by atoms with Crippen LogP contribution in [0, 0.1) is 0 Å². The number of allylic oxidation sites excluding steroid dienone is 1. The van der Waals surface area contributed by atoms with Gasteiger partial charge in [0.1, 0.15) is 11.2 Å². The van der Waals surface area contributed by atoms with Crippen molar-refractivity contribution in [2.75, 3.05) is 7.05 Å². The molecule has 0 amide bonds. The standard InChI is InChI=1S/C23H20N2O/c1-24-14-13-21(18-7-3-2-4-8-18)25-16-17-11-12-20-19-9-5-6-10-22(19)26-23(20)15-17/h2-15,25H,16H2,1H3. The van der Waals surface area contributed by atoms with Gasteiger partial charge in [0.2, 0.25) is 0 Å². The van der Waals surface area contributed by atoms with Crippen LogP contribution in [0.2, 0.25) is 0 Å². The summed E-state index contributed by atoms with van der Waals surface area (Å²) < 4.78 is 5.99. The van der Waals surface area contributed by atoms with Crippen molar-refractivity contribution < 1.29 is 4.42 Å². The van der Waals surface area contributed by atoms with E-state index in [0.717, 1.165) is 33.2 Å². The second-order valence-electron chi connectivity index (χ2n) is 6.14. The van der Waals surface area contributed by atoms with Gasteiger partial charge >= 0.3 is 0 Å². The molecular weight excluding hydrogens is 320 g/mol. The van der Waals surface area contributed by atoms with Gasteiger partial charge in [-0.2, -0.15) is 0 Å². The molecule has 0 aliphatic carbocycles. The highest BCUT2D eigenvalue weighted by atomic mass is 16.3. The van der Waals surface area contributed by atoms with E-state index in [0.29, 0.717) is 6.54 Å². The average Bonchev–Trinajstić information content (AvgIpc) is 3.06. The van der Waals surface area contributed by atoms with Crippen LogP contribution in [-0.2, 0) is 6.54 Å². The summed E-state index contributed by atoms with van der Waals surface area (Å²) in [4.78, 5) is 4.06. The Morgan fingerprint density at radius 2 is 1.69 bits per heavy atom. The number of furan rings is 1. The normalized spacial score (nSPS) is 12.3. The Bertz CT molecular complexity index is 1090. The van der Waals surface area contributed by atoms with Crippen molar-refractivity contribution in [1.29, 1.82) is 0 Å². The minimum absolute atomic E-state index is 0.714. The zero-order valence-electron chi connectivity index (χ0n) is 14.6. The Balaban J connectivity index is 1.60. The van der Waals surface area contributed by atoms with E-state index < -0.39 is 0 Å². The maximum absolute atomic E-state index is 5.99. The first kappa shape index (κ1) is 16.2. The van der Waals surface area contributed by atoms with Crippen LogP contribution < -0.4 is 5.32 Å². The van der Waals surface area contributed by atoms with Gasteiger partial charge in [-0.1, -0.05) is 60.7 Å². The molecule has 26 heavy (non-hydrogen) atoms. The first-order chi connectivity index (χ1) is 12.8. The van der Waals surface area contributed by atoms with E-state index in [1.807, 2.05) is 42.5 Å². The Morgan fingerprint density at radius 1 is 0.923 bits per heavy atom. The third-order valence-corrected chi connectivity index (χ3v) is 4.40. The van der Waals surface area contributed by atoms with E-state index in [9.17, 15) is 0 Å². The van der Waals surface area contributed by atoms with Gasteiger partial charge in [-0.25, -0.2) is 0 Å². The lowest BCUT2D eigenvalue weighted by atomic mass is 10.1. The summed E-state index contributed by atoms with van der Waals surface area (Å²) in [7, 11) is 1.77. The molecule has 1 aromatic heterocycles. The molecule has 3 nitrogen and oxygen atoms in total. The van der Waals surface area contributed by atoms with Gasteiger partial charge in [0.05, 0.1) is 0 Å². The van der Waals surface area contributed by atoms with Crippen molar-refractivity contribution >= 4 is 33.9 Å². The SMILES string of the molecule is CN=CC=C(NCc1ccc2c(c1)oc1ccccc12)c1ccccc1. The number of nitrogens with zero attached hydrogens (tertiary/aromatic N) is 1. The van der Waals surface area contributed by atoms with Gasteiger partial charge in [0.15, 0.2) is 0 Å². The molecule has 0 saturated carbocycles. The third kappa shape index (κ3) is 3.24. The number of fused-ring (bicyclic) bond motifs is 3.